The van der Waals surface area contributed by atoms with Gasteiger partial charge in [0.15, 0.2) is 5.17 Å². The average molecular weight is 487 g/mol. The fraction of sp³-hybridized carbons (Fsp3) is 0.138. The summed E-state index contributed by atoms with van der Waals surface area (Å²) in [5.41, 5.74) is 4.90. The molecular weight excluding hydrogens is 460 g/mol. The van der Waals surface area contributed by atoms with Crippen LogP contribution < -0.4 is 10.1 Å². The third-order valence-corrected chi connectivity index (χ3v) is 6.67. The van der Waals surface area contributed by atoms with Gasteiger partial charge in [-0.05, 0) is 34.4 Å². The van der Waals surface area contributed by atoms with Crippen LogP contribution in [0.4, 0.5) is 0 Å². The summed E-state index contributed by atoms with van der Waals surface area (Å²) in [4.78, 5) is 5.06. The predicted molar refractivity (Wildman–Crippen MR) is 145 cm³/mol. The number of hydrogen-bond donors (Lipinski definition) is 1. The number of rotatable bonds is 7. The molecule has 0 fully saturated rings. The molecule has 1 heterocycles. The highest BCUT2D eigenvalue weighted by Gasteiger charge is 2.31. The van der Waals surface area contributed by atoms with E-state index >= 15 is 0 Å². The molecule has 2 unspecified atom stereocenters. The maximum absolute atomic E-state index is 5.91. The zero-order valence-electron chi connectivity index (χ0n) is 18.7. The Morgan fingerprint density at radius 2 is 1.26 bits per heavy atom. The van der Waals surface area contributed by atoms with E-state index in [1.807, 2.05) is 30.3 Å². The molecule has 172 valence electrons. The first-order valence-corrected chi connectivity index (χ1v) is 12.2. The summed E-state index contributed by atoms with van der Waals surface area (Å²) >= 11 is 1.75. The second-order valence-corrected chi connectivity index (χ2v) is 8.99. The van der Waals surface area contributed by atoms with Crippen molar-refractivity contribution >= 4 is 29.3 Å². The molecule has 4 aromatic carbocycles. The van der Waals surface area contributed by atoms with Crippen LogP contribution in [-0.4, -0.2) is 5.17 Å². The molecule has 0 spiro atoms. The summed E-state index contributed by atoms with van der Waals surface area (Å²) in [5.74, 6) is 1.74. The molecule has 5 rings (SSSR count). The Morgan fingerprint density at radius 3 is 1.91 bits per heavy atom. The summed E-state index contributed by atoms with van der Waals surface area (Å²) < 4.78 is 5.91. The lowest BCUT2D eigenvalue weighted by molar-refractivity contribution is 0.306. The number of aliphatic imine (C=N–C) groups is 1. The fourth-order valence-electron chi connectivity index (χ4n) is 3.95. The summed E-state index contributed by atoms with van der Waals surface area (Å²) in [6.07, 6.45) is 0. The van der Waals surface area contributed by atoms with Crippen molar-refractivity contribution in [2.45, 2.75) is 24.4 Å². The molecule has 1 aliphatic rings. The maximum Gasteiger partial charge on any atom is 0.158 e. The summed E-state index contributed by atoms with van der Waals surface area (Å²) in [6.45, 7) is 0.581. The van der Waals surface area contributed by atoms with Crippen LogP contribution in [0.25, 0.3) is 0 Å². The normalized spacial score (nSPS) is 16.8. The standard InChI is InChI=1S/C29H26N2OS.ClH/c1-4-10-22(11-5-1)20-32-26-18-16-23(17-19-26)21-33-29-30-27(24-12-6-2-7-13-24)28(31-29)25-14-8-3-9-15-25;/h1-19,27-28H,20-21H2,(H,30,31);1H. The SMILES string of the molecule is Cl.c1ccc(COc2ccc(CSC3=NC(c4ccccc4)C(c4ccccc4)N3)cc2)cc1. The van der Waals surface area contributed by atoms with Crippen LogP contribution in [0.5, 0.6) is 5.75 Å². The molecule has 0 amide bonds. The fourth-order valence-corrected chi connectivity index (χ4v) is 4.84. The Balaban J connectivity index is 0.00000274. The van der Waals surface area contributed by atoms with Gasteiger partial charge < -0.3 is 10.1 Å². The number of thioether (sulfide) groups is 1. The largest absolute Gasteiger partial charge is 0.489 e. The van der Waals surface area contributed by atoms with Crippen molar-refractivity contribution in [3.8, 4) is 5.75 Å². The van der Waals surface area contributed by atoms with Crippen molar-refractivity contribution in [2.75, 3.05) is 0 Å². The van der Waals surface area contributed by atoms with E-state index in [0.717, 1.165) is 16.7 Å². The van der Waals surface area contributed by atoms with Gasteiger partial charge in [0.2, 0.25) is 0 Å². The van der Waals surface area contributed by atoms with Gasteiger partial charge >= 0.3 is 0 Å². The Morgan fingerprint density at radius 1 is 0.676 bits per heavy atom. The van der Waals surface area contributed by atoms with E-state index in [1.54, 1.807) is 11.8 Å². The van der Waals surface area contributed by atoms with Crippen LogP contribution in [0, 0.1) is 0 Å². The molecule has 34 heavy (non-hydrogen) atoms. The third-order valence-electron chi connectivity index (χ3n) is 5.70. The van der Waals surface area contributed by atoms with E-state index in [1.165, 1.54) is 22.3 Å². The number of ether oxygens (including phenoxy) is 1. The van der Waals surface area contributed by atoms with Crippen molar-refractivity contribution in [3.63, 3.8) is 0 Å². The van der Waals surface area contributed by atoms with Gasteiger partial charge in [-0.25, -0.2) is 0 Å². The molecule has 4 aromatic rings. The highest BCUT2D eigenvalue weighted by atomic mass is 35.5. The first-order chi connectivity index (χ1) is 16.3. The van der Waals surface area contributed by atoms with Crippen LogP contribution in [0.1, 0.15) is 34.3 Å². The van der Waals surface area contributed by atoms with E-state index in [9.17, 15) is 0 Å². The molecule has 1 aliphatic heterocycles. The van der Waals surface area contributed by atoms with E-state index in [0.29, 0.717) is 6.61 Å². The minimum atomic E-state index is 0. The monoisotopic (exact) mass is 486 g/mol. The van der Waals surface area contributed by atoms with Gasteiger partial charge in [-0.3, -0.25) is 4.99 Å². The molecule has 3 nitrogen and oxygen atoms in total. The Hall–Kier alpha value is -3.21. The minimum Gasteiger partial charge on any atom is -0.489 e. The van der Waals surface area contributed by atoms with E-state index in [-0.39, 0.29) is 24.5 Å². The Kier molecular flexibility index (Phi) is 8.29. The van der Waals surface area contributed by atoms with Gasteiger partial charge in [0.05, 0.1) is 6.04 Å². The van der Waals surface area contributed by atoms with Crippen molar-refractivity contribution < 1.29 is 4.74 Å². The summed E-state index contributed by atoms with van der Waals surface area (Å²) in [6, 6.07) is 39.9. The molecule has 2 atom stereocenters. The zero-order chi connectivity index (χ0) is 22.3. The number of nitrogens with zero attached hydrogens (tertiary/aromatic N) is 1. The van der Waals surface area contributed by atoms with Gasteiger partial charge in [-0.1, -0.05) is 115 Å². The lowest BCUT2D eigenvalue weighted by Crippen LogP contribution is -2.22. The molecular formula is C29H27ClN2OS. The zero-order valence-corrected chi connectivity index (χ0v) is 20.3. The second-order valence-electron chi connectivity index (χ2n) is 8.03. The Labute approximate surface area is 211 Å². The summed E-state index contributed by atoms with van der Waals surface area (Å²) in [5, 5.41) is 4.65. The lowest BCUT2D eigenvalue weighted by Gasteiger charge is -2.19. The topological polar surface area (TPSA) is 33.6 Å². The maximum atomic E-state index is 5.91. The van der Waals surface area contributed by atoms with Gasteiger partial charge in [0.1, 0.15) is 18.4 Å². The van der Waals surface area contributed by atoms with E-state index in [4.69, 9.17) is 9.73 Å². The molecule has 0 radical (unpaired) electrons. The average Bonchev–Trinajstić information content (AvgIpc) is 3.33. The molecule has 0 saturated carbocycles. The minimum absolute atomic E-state index is 0. The molecule has 0 aromatic heterocycles. The first kappa shape index (κ1) is 23.9. The third kappa shape index (κ3) is 6.02. The smallest absolute Gasteiger partial charge is 0.158 e. The van der Waals surface area contributed by atoms with Crippen LogP contribution >= 0.6 is 24.2 Å². The second kappa shape index (κ2) is 11.8. The number of amidine groups is 1. The molecule has 1 N–H and O–H groups in total. The van der Waals surface area contributed by atoms with E-state index < -0.39 is 0 Å². The van der Waals surface area contributed by atoms with Gasteiger partial charge in [0.25, 0.3) is 0 Å². The highest BCUT2D eigenvalue weighted by Crippen LogP contribution is 2.38. The highest BCUT2D eigenvalue weighted by molar-refractivity contribution is 8.13. The summed E-state index contributed by atoms with van der Waals surface area (Å²) in [7, 11) is 0. The molecule has 0 bridgehead atoms. The number of halogens is 1. The Bertz CT molecular complexity index is 1190. The number of hydrogen-bond acceptors (Lipinski definition) is 4. The van der Waals surface area contributed by atoms with Gasteiger partial charge in [-0.15, -0.1) is 12.4 Å². The molecule has 5 heteroatoms. The van der Waals surface area contributed by atoms with Crippen LogP contribution in [-0.2, 0) is 12.4 Å². The number of benzene rings is 4. The molecule has 0 aliphatic carbocycles. The van der Waals surface area contributed by atoms with Crippen molar-refractivity contribution in [3.05, 3.63) is 138 Å². The number of nitrogens with one attached hydrogen (secondary N) is 1. The van der Waals surface area contributed by atoms with Crippen LogP contribution in [0.2, 0.25) is 0 Å². The van der Waals surface area contributed by atoms with Crippen molar-refractivity contribution in [1.29, 1.82) is 0 Å². The first-order valence-electron chi connectivity index (χ1n) is 11.2. The van der Waals surface area contributed by atoms with Crippen LogP contribution in [0.15, 0.2) is 120 Å². The van der Waals surface area contributed by atoms with Gasteiger partial charge in [-0.2, -0.15) is 0 Å². The van der Waals surface area contributed by atoms with Crippen LogP contribution in [0.3, 0.4) is 0 Å². The predicted octanol–water partition coefficient (Wildman–Crippen LogP) is 7.36. The van der Waals surface area contributed by atoms with Crippen molar-refractivity contribution in [1.82, 2.24) is 5.32 Å². The van der Waals surface area contributed by atoms with Gasteiger partial charge in [0, 0.05) is 5.75 Å². The van der Waals surface area contributed by atoms with Crippen molar-refractivity contribution in [2.24, 2.45) is 4.99 Å². The lowest BCUT2D eigenvalue weighted by atomic mass is 9.95. The van der Waals surface area contributed by atoms with E-state index in [2.05, 4.69) is 90.2 Å². The molecule has 0 saturated heterocycles. The quantitative estimate of drug-likeness (QED) is 0.296.